The fraction of sp³-hybridized carbons (Fsp3) is 0.381. The van der Waals surface area contributed by atoms with Crippen molar-refractivity contribution in [3.8, 4) is 0 Å². The second kappa shape index (κ2) is 7.78. The molecule has 2 aromatic carbocycles. The minimum absolute atomic E-state index is 0.156. The molecule has 0 N–H and O–H groups in total. The summed E-state index contributed by atoms with van der Waals surface area (Å²) in [5, 5.41) is 0.776. The maximum atomic E-state index is 11.9. The number of nitrogens with zero attached hydrogens (tertiary/aromatic N) is 3. The molecular weight excluding hydrogens is 346 g/mol. The Labute approximate surface area is 160 Å². The molecule has 5 heteroatoms. The molecule has 0 saturated carbocycles. The van der Waals surface area contributed by atoms with Crippen LogP contribution < -0.4 is 4.90 Å². The highest BCUT2D eigenvalue weighted by Gasteiger charge is 2.31. The predicted octanol–water partition coefficient (Wildman–Crippen LogP) is 3.05. The Morgan fingerprint density at radius 1 is 0.962 bits per heavy atom. The van der Waals surface area contributed by atoms with Gasteiger partial charge in [0.25, 0.3) is 0 Å². The monoisotopic (exact) mass is 369 g/mol. The summed E-state index contributed by atoms with van der Waals surface area (Å²) in [4.78, 5) is 18.9. The number of carbonyl (C=O) groups excluding carboxylic acids is 1. The lowest BCUT2D eigenvalue weighted by atomic mass is 10.1. The lowest BCUT2D eigenvalue weighted by Gasteiger charge is -2.41. The number of hydrogen-bond donors (Lipinski definition) is 0. The van der Waals surface area contributed by atoms with Crippen LogP contribution in [-0.2, 0) is 17.8 Å². The number of halogens is 1. The molecule has 2 heterocycles. The van der Waals surface area contributed by atoms with Gasteiger partial charge in [0.2, 0.25) is 0 Å². The van der Waals surface area contributed by atoms with Crippen LogP contribution in [0.4, 0.5) is 5.69 Å². The molecule has 1 unspecified atom stereocenters. The van der Waals surface area contributed by atoms with Crippen LogP contribution >= 0.6 is 11.6 Å². The molecule has 0 aromatic heterocycles. The fourth-order valence-electron chi connectivity index (χ4n) is 4.03. The van der Waals surface area contributed by atoms with E-state index >= 15 is 0 Å². The summed E-state index contributed by atoms with van der Waals surface area (Å²) in [7, 11) is 0. The van der Waals surface area contributed by atoms with Gasteiger partial charge in [-0.15, -0.1) is 0 Å². The zero-order valence-electron chi connectivity index (χ0n) is 14.9. The molecule has 2 aliphatic rings. The van der Waals surface area contributed by atoms with Crippen LogP contribution in [0.25, 0.3) is 0 Å². The van der Waals surface area contributed by atoms with E-state index in [4.69, 9.17) is 11.6 Å². The van der Waals surface area contributed by atoms with Gasteiger partial charge in [-0.2, -0.15) is 0 Å². The SMILES string of the molecule is O=CC(N1CCN(Cc2ccc(Cl)cc2)CC1)N1CCc2ccccc21. The molecule has 1 saturated heterocycles. The standard InChI is InChI=1S/C21H24ClN3O/c22-19-7-5-17(6-8-19)15-23-11-13-24(14-12-23)21(16-26)25-10-9-18-3-1-2-4-20(18)25/h1-8,16,21H,9-15H2. The van der Waals surface area contributed by atoms with Crippen LogP contribution in [0.2, 0.25) is 5.02 Å². The maximum absolute atomic E-state index is 11.9. The van der Waals surface area contributed by atoms with Gasteiger partial charge >= 0.3 is 0 Å². The summed E-state index contributed by atoms with van der Waals surface area (Å²) in [5.74, 6) is 0. The molecule has 2 aliphatic heterocycles. The number of benzene rings is 2. The highest BCUT2D eigenvalue weighted by Crippen LogP contribution is 2.30. The molecule has 0 amide bonds. The van der Waals surface area contributed by atoms with E-state index in [1.807, 2.05) is 12.1 Å². The molecule has 1 fully saturated rings. The first kappa shape index (κ1) is 17.5. The maximum Gasteiger partial charge on any atom is 0.157 e. The van der Waals surface area contributed by atoms with Gasteiger partial charge in [0.05, 0.1) is 0 Å². The van der Waals surface area contributed by atoms with E-state index in [9.17, 15) is 4.79 Å². The third-order valence-corrected chi connectivity index (χ3v) is 5.72. The van der Waals surface area contributed by atoms with E-state index in [0.717, 1.165) is 57.0 Å². The van der Waals surface area contributed by atoms with Gasteiger partial charge < -0.3 is 4.90 Å². The van der Waals surface area contributed by atoms with E-state index in [1.54, 1.807) is 0 Å². The van der Waals surface area contributed by atoms with Crippen molar-refractivity contribution < 1.29 is 4.79 Å². The molecule has 1 atom stereocenters. The Kier molecular flexibility index (Phi) is 5.25. The van der Waals surface area contributed by atoms with Gasteiger partial charge in [0.1, 0.15) is 6.17 Å². The van der Waals surface area contributed by atoms with Crippen LogP contribution in [0.15, 0.2) is 48.5 Å². The molecule has 26 heavy (non-hydrogen) atoms. The van der Waals surface area contributed by atoms with Crippen molar-refractivity contribution >= 4 is 23.6 Å². The fourth-order valence-corrected chi connectivity index (χ4v) is 4.16. The van der Waals surface area contributed by atoms with Crippen molar-refractivity contribution in [1.82, 2.24) is 9.80 Å². The number of aldehydes is 1. The smallest absolute Gasteiger partial charge is 0.157 e. The van der Waals surface area contributed by atoms with Gasteiger partial charge in [-0.1, -0.05) is 41.9 Å². The van der Waals surface area contributed by atoms with E-state index in [2.05, 4.69) is 51.1 Å². The highest BCUT2D eigenvalue weighted by molar-refractivity contribution is 6.30. The van der Waals surface area contributed by atoms with E-state index in [0.29, 0.717) is 0 Å². The van der Waals surface area contributed by atoms with Crippen molar-refractivity contribution in [3.63, 3.8) is 0 Å². The van der Waals surface area contributed by atoms with Crippen LogP contribution in [-0.4, -0.2) is 55.0 Å². The number of hydrogen-bond acceptors (Lipinski definition) is 4. The zero-order valence-corrected chi connectivity index (χ0v) is 15.6. The molecule has 2 aromatic rings. The Balaban J connectivity index is 1.37. The molecule has 0 radical (unpaired) electrons. The molecular formula is C21H24ClN3O. The average Bonchev–Trinajstić information content (AvgIpc) is 3.10. The van der Waals surface area contributed by atoms with Crippen LogP contribution in [0.1, 0.15) is 11.1 Å². The quantitative estimate of drug-likeness (QED) is 0.757. The predicted molar refractivity (Wildman–Crippen MR) is 106 cm³/mol. The number of fused-ring (bicyclic) bond motifs is 1. The number of rotatable bonds is 5. The molecule has 0 aliphatic carbocycles. The van der Waals surface area contributed by atoms with E-state index in [-0.39, 0.29) is 6.17 Å². The van der Waals surface area contributed by atoms with E-state index in [1.165, 1.54) is 16.8 Å². The molecule has 0 bridgehead atoms. The van der Waals surface area contributed by atoms with Crippen LogP contribution in [0.3, 0.4) is 0 Å². The largest absolute Gasteiger partial charge is 0.349 e. The van der Waals surface area contributed by atoms with Crippen molar-refractivity contribution in [2.24, 2.45) is 0 Å². The normalized spacial score (nSPS) is 19.3. The number of anilines is 1. The Hall–Kier alpha value is -1.88. The minimum atomic E-state index is -0.156. The first-order chi connectivity index (χ1) is 12.7. The van der Waals surface area contributed by atoms with Crippen molar-refractivity contribution in [1.29, 1.82) is 0 Å². The van der Waals surface area contributed by atoms with Gasteiger partial charge in [0.15, 0.2) is 6.29 Å². The molecule has 0 spiro atoms. The summed E-state index contributed by atoms with van der Waals surface area (Å²) in [5.41, 5.74) is 3.84. The summed E-state index contributed by atoms with van der Waals surface area (Å²) >= 11 is 5.96. The van der Waals surface area contributed by atoms with Gasteiger partial charge in [-0.05, 0) is 35.7 Å². The summed E-state index contributed by atoms with van der Waals surface area (Å²) in [6.07, 6.45) is 1.98. The Bertz CT molecular complexity index is 756. The summed E-state index contributed by atoms with van der Waals surface area (Å²) in [6, 6.07) is 16.5. The first-order valence-corrected chi connectivity index (χ1v) is 9.63. The highest BCUT2D eigenvalue weighted by atomic mass is 35.5. The van der Waals surface area contributed by atoms with Gasteiger partial charge in [-0.3, -0.25) is 14.6 Å². The topological polar surface area (TPSA) is 26.8 Å². The summed E-state index contributed by atoms with van der Waals surface area (Å²) in [6.45, 7) is 5.63. The summed E-state index contributed by atoms with van der Waals surface area (Å²) < 4.78 is 0. The third-order valence-electron chi connectivity index (χ3n) is 5.46. The number of carbonyl (C=O) groups is 1. The number of piperazine rings is 1. The third kappa shape index (κ3) is 3.63. The lowest BCUT2D eigenvalue weighted by Crippen LogP contribution is -2.56. The Morgan fingerprint density at radius 3 is 2.42 bits per heavy atom. The molecule has 136 valence electrons. The minimum Gasteiger partial charge on any atom is -0.349 e. The lowest BCUT2D eigenvalue weighted by molar-refractivity contribution is -0.113. The van der Waals surface area contributed by atoms with E-state index < -0.39 is 0 Å². The van der Waals surface area contributed by atoms with Crippen molar-refractivity contribution in [2.45, 2.75) is 19.1 Å². The molecule has 4 nitrogen and oxygen atoms in total. The Morgan fingerprint density at radius 2 is 1.69 bits per heavy atom. The average molecular weight is 370 g/mol. The van der Waals surface area contributed by atoms with Gasteiger partial charge in [-0.25, -0.2) is 0 Å². The van der Waals surface area contributed by atoms with Crippen LogP contribution in [0.5, 0.6) is 0 Å². The second-order valence-corrected chi connectivity index (χ2v) is 7.50. The zero-order chi connectivity index (χ0) is 17.9. The van der Waals surface area contributed by atoms with Crippen molar-refractivity contribution in [3.05, 3.63) is 64.7 Å². The first-order valence-electron chi connectivity index (χ1n) is 9.25. The van der Waals surface area contributed by atoms with Crippen molar-refractivity contribution in [2.75, 3.05) is 37.6 Å². The van der Waals surface area contributed by atoms with Gasteiger partial charge in [0, 0.05) is 50.0 Å². The second-order valence-electron chi connectivity index (χ2n) is 7.06. The van der Waals surface area contributed by atoms with Crippen LogP contribution in [0, 0.1) is 0 Å². The molecule has 4 rings (SSSR count). The number of para-hydroxylation sites is 1.